The van der Waals surface area contributed by atoms with Crippen molar-refractivity contribution < 1.29 is 14.7 Å². The van der Waals surface area contributed by atoms with Gasteiger partial charge in [0, 0.05) is 30.8 Å². The molecule has 1 aliphatic rings. The molecule has 4 rings (SSSR count). The average molecular weight is 485 g/mol. The van der Waals surface area contributed by atoms with Crippen molar-refractivity contribution in [1.82, 2.24) is 5.32 Å². The highest BCUT2D eigenvalue weighted by molar-refractivity contribution is 5.97. The van der Waals surface area contributed by atoms with E-state index in [0.29, 0.717) is 17.9 Å². The van der Waals surface area contributed by atoms with E-state index in [-0.39, 0.29) is 18.4 Å². The molecule has 3 aromatic carbocycles. The topological polar surface area (TPSA) is 69.6 Å². The zero-order valence-corrected chi connectivity index (χ0v) is 21.7. The maximum absolute atomic E-state index is 13.8. The van der Waals surface area contributed by atoms with Crippen LogP contribution in [0.4, 0.5) is 5.69 Å². The molecule has 0 radical (unpaired) electrons. The molecule has 0 spiro atoms. The summed E-state index contributed by atoms with van der Waals surface area (Å²) < 4.78 is 0. The fraction of sp³-hybridized carbons (Fsp3) is 0.355. The van der Waals surface area contributed by atoms with Gasteiger partial charge in [0.05, 0.1) is 6.04 Å². The lowest BCUT2D eigenvalue weighted by Gasteiger charge is -2.24. The lowest BCUT2D eigenvalue weighted by Crippen LogP contribution is -2.30. The molecular formula is C31H36N2O3. The Morgan fingerprint density at radius 1 is 0.944 bits per heavy atom. The summed E-state index contributed by atoms with van der Waals surface area (Å²) >= 11 is 0. The van der Waals surface area contributed by atoms with Gasteiger partial charge in [0.25, 0.3) is 5.91 Å². The minimum absolute atomic E-state index is 0.0126. The number of carboxylic acids is 1. The summed E-state index contributed by atoms with van der Waals surface area (Å²) in [6.45, 7) is 10.1. The first-order valence-corrected chi connectivity index (χ1v) is 12.7. The summed E-state index contributed by atoms with van der Waals surface area (Å²) in [5, 5.41) is 12.6. The van der Waals surface area contributed by atoms with Crippen molar-refractivity contribution in [2.45, 2.75) is 66.1 Å². The first kappa shape index (κ1) is 25.5. The third-order valence-corrected chi connectivity index (χ3v) is 6.81. The molecule has 36 heavy (non-hydrogen) atoms. The molecule has 2 N–H and O–H groups in total. The average Bonchev–Trinajstić information content (AvgIpc) is 3.25. The summed E-state index contributed by atoms with van der Waals surface area (Å²) in [7, 11) is 0. The molecule has 0 saturated heterocycles. The van der Waals surface area contributed by atoms with E-state index in [0.717, 1.165) is 36.3 Å². The lowest BCUT2D eigenvalue weighted by molar-refractivity contribution is -0.136. The van der Waals surface area contributed by atoms with E-state index in [1.165, 1.54) is 22.3 Å². The van der Waals surface area contributed by atoms with Gasteiger partial charge in [-0.2, -0.15) is 0 Å². The highest BCUT2D eigenvalue weighted by Gasteiger charge is 2.23. The molecule has 0 bridgehead atoms. The van der Waals surface area contributed by atoms with Crippen LogP contribution < -0.4 is 10.2 Å². The molecule has 188 valence electrons. The molecule has 1 atom stereocenters. The van der Waals surface area contributed by atoms with Gasteiger partial charge in [-0.15, -0.1) is 0 Å². The second-order valence-corrected chi connectivity index (χ2v) is 10.4. The highest BCUT2D eigenvalue weighted by Crippen LogP contribution is 2.31. The van der Waals surface area contributed by atoms with Crippen molar-refractivity contribution in [3.8, 4) is 0 Å². The smallest absolute Gasteiger partial charge is 0.303 e. The SMILES string of the molecule is Cc1cc(C)cc(C(CC(C)C)NC(=O)c2cc(N3Cc4ccccc4C3)ccc2CCC(=O)O)c1. The fourth-order valence-electron chi connectivity index (χ4n) is 5.14. The molecule has 1 heterocycles. The number of amides is 1. The minimum atomic E-state index is -0.867. The first-order chi connectivity index (χ1) is 17.2. The molecule has 3 aromatic rings. The number of nitrogens with zero attached hydrogens (tertiary/aromatic N) is 1. The van der Waals surface area contributed by atoms with Crippen LogP contribution in [0.15, 0.2) is 60.7 Å². The van der Waals surface area contributed by atoms with Gasteiger partial charge < -0.3 is 15.3 Å². The molecule has 1 aliphatic heterocycles. The number of hydrogen-bond acceptors (Lipinski definition) is 3. The van der Waals surface area contributed by atoms with Crippen molar-refractivity contribution in [3.63, 3.8) is 0 Å². The second kappa shape index (κ2) is 11.0. The number of carboxylic acid groups (broad SMARTS) is 1. The van der Waals surface area contributed by atoms with Crippen molar-refractivity contribution in [1.29, 1.82) is 0 Å². The monoisotopic (exact) mass is 484 g/mol. The van der Waals surface area contributed by atoms with Gasteiger partial charge in [-0.3, -0.25) is 9.59 Å². The number of aliphatic carboxylic acids is 1. The predicted octanol–water partition coefficient (Wildman–Crippen LogP) is 6.36. The number of carbonyl (C=O) groups excluding carboxylic acids is 1. The molecule has 0 aliphatic carbocycles. The lowest BCUT2D eigenvalue weighted by atomic mass is 9.93. The highest BCUT2D eigenvalue weighted by atomic mass is 16.4. The molecule has 0 saturated carbocycles. The Balaban J connectivity index is 1.65. The Labute approximate surface area is 214 Å². The van der Waals surface area contributed by atoms with Gasteiger partial charge >= 0.3 is 5.97 Å². The van der Waals surface area contributed by atoms with Crippen molar-refractivity contribution in [2.24, 2.45) is 5.92 Å². The molecular weight excluding hydrogens is 448 g/mol. The van der Waals surface area contributed by atoms with E-state index in [9.17, 15) is 14.7 Å². The van der Waals surface area contributed by atoms with Gasteiger partial charge in [-0.1, -0.05) is 73.5 Å². The van der Waals surface area contributed by atoms with E-state index >= 15 is 0 Å². The Morgan fingerprint density at radius 3 is 2.17 bits per heavy atom. The Kier molecular flexibility index (Phi) is 7.78. The third kappa shape index (κ3) is 6.14. The van der Waals surface area contributed by atoms with E-state index in [1.54, 1.807) is 0 Å². The normalized spacial score (nSPS) is 13.5. The number of benzene rings is 3. The number of fused-ring (bicyclic) bond motifs is 1. The zero-order valence-electron chi connectivity index (χ0n) is 21.7. The van der Waals surface area contributed by atoms with Crippen LogP contribution in [0.25, 0.3) is 0 Å². The van der Waals surface area contributed by atoms with Crippen LogP contribution in [0.5, 0.6) is 0 Å². The largest absolute Gasteiger partial charge is 0.481 e. The van der Waals surface area contributed by atoms with Crippen LogP contribution in [0.1, 0.15) is 76.5 Å². The molecule has 1 amide bonds. The summed E-state index contributed by atoms with van der Waals surface area (Å²) in [5.74, 6) is -0.621. The number of anilines is 1. The number of rotatable bonds is 9. The molecule has 0 aromatic heterocycles. The van der Waals surface area contributed by atoms with Crippen LogP contribution in [0, 0.1) is 19.8 Å². The zero-order chi connectivity index (χ0) is 25.8. The summed E-state index contributed by atoms with van der Waals surface area (Å²) in [5.41, 5.74) is 8.34. The maximum atomic E-state index is 13.8. The van der Waals surface area contributed by atoms with Crippen LogP contribution in [-0.2, 0) is 24.3 Å². The summed E-state index contributed by atoms with van der Waals surface area (Å²) in [6.07, 6.45) is 1.12. The number of hydrogen-bond donors (Lipinski definition) is 2. The molecule has 0 fully saturated rings. The standard InChI is InChI=1S/C31H36N2O3/c1-20(2)13-29(26-15-21(3)14-22(4)16-26)32-31(36)28-17-27(11-9-23(28)10-12-30(34)35)33-18-24-7-5-6-8-25(24)19-33/h5-9,11,14-17,20,29H,10,12-13,18-19H2,1-4H3,(H,32,36)(H,34,35). The van der Waals surface area contributed by atoms with Gasteiger partial charge in [0.1, 0.15) is 0 Å². The second-order valence-electron chi connectivity index (χ2n) is 10.4. The van der Waals surface area contributed by atoms with Crippen LogP contribution >= 0.6 is 0 Å². The summed E-state index contributed by atoms with van der Waals surface area (Å²) in [6, 6.07) is 20.6. The number of nitrogens with one attached hydrogen (secondary N) is 1. The van der Waals surface area contributed by atoms with Gasteiger partial charge in [0.15, 0.2) is 0 Å². The predicted molar refractivity (Wildman–Crippen MR) is 144 cm³/mol. The number of carbonyl (C=O) groups is 2. The van der Waals surface area contributed by atoms with Crippen molar-refractivity contribution in [3.05, 3.63) is 99.6 Å². The Morgan fingerprint density at radius 2 is 1.58 bits per heavy atom. The molecule has 5 heteroatoms. The molecule has 1 unspecified atom stereocenters. The minimum Gasteiger partial charge on any atom is -0.481 e. The Hall–Kier alpha value is -3.60. The number of aryl methyl sites for hydroxylation is 3. The van der Waals surface area contributed by atoms with E-state index in [1.807, 2.05) is 18.2 Å². The van der Waals surface area contributed by atoms with E-state index < -0.39 is 5.97 Å². The van der Waals surface area contributed by atoms with Crippen LogP contribution in [-0.4, -0.2) is 17.0 Å². The van der Waals surface area contributed by atoms with Gasteiger partial charge in [-0.05, 0) is 67.0 Å². The quantitative estimate of drug-likeness (QED) is 0.371. The maximum Gasteiger partial charge on any atom is 0.303 e. The summed E-state index contributed by atoms with van der Waals surface area (Å²) in [4.78, 5) is 27.3. The molecule has 5 nitrogen and oxygen atoms in total. The third-order valence-electron chi connectivity index (χ3n) is 6.81. The van der Waals surface area contributed by atoms with Crippen LogP contribution in [0.3, 0.4) is 0 Å². The van der Waals surface area contributed by atoms with Crippen LogP contribution in [0.2, 0.25) is 0 Å². The van der Waals surface area contributed by atoms with Crippen molar-refractivity contribution >= 4 is 17.6 Å². The van der Waals surface area contributed by atoms with E-state index in [2.05, 4.69) is 80.4 Å². The first-order valence-electron chi connectivity index (χ1n) is 12.7. The Bertz CT molecular complexity index is 1220. The van der Waals surface area contributed by atoms with E-state index in [4.69, 9.17) is 0 Å². The van der Waals surface area contributed by atoms with Gasteiger partial charge in [0.2, 0.25) is 0 Å². The fourth-order valence-corrected chi connectivity index (χ4v) is 5.14. The van der Waals surface area contributed by atoms with Crippen molar-refractivity contribution in [2.75, 3.05) is 4.90 Å². The van der Waals surface area contributed by atoms with Gasteiger partial charge in [-0.25, -0.2) is 0 Å².